The Hall–Kier alpha value is -3.61. The van der Waals surface area contributed by atoms with Crippen LogP contribution in [0, 0.1) is 0 Å². The number of carbonyl (C=O) groups is 1. The summed E-state index contributed by atoms with van der Waals surface area (Å²) >= 11 is 0. The molecule has 1 aliphatic heterocycles. The number of nitrogens with zero attached hydrogens (tertiary/aromatic N) is 4. The number of imidazole rings is 1. The lowest BCUT2D eigenvalue weighted by atomic mass is 9.96. The van der Waals surface area contributed by atoms with Crippen LogP contribution in [0.1, 0.15) is 33.3 Å². The third kappa shape index (κ3) is 5.33. The summed E-state index contributed by atoms with van der Waals surface area (Å²) in [5, 5.41) is 13.3. The molecule has 1 saturated heterocycles. The molecule has 3 aromatic rings. The number of alkyl halides is 4. The molecule has 38 heavy (non-hydrogen) atoms. The van der Waals surface area contributed by atoms with Crippen molar-refractivity contribution >= 4 is 17.6 Å². The maximum absolute atomic E-state index is 14.7. The van der Waals surface area contributed by atoms with Crippen molar-refractivity contribution in [1.82, 2.24) is 19.3 Å². The van der Waals surface area contributed by atoms with Crippen LogP contribution in [0.5, 0.6) is 5.75 Å². The summed E-state index contributed by atoms with van der Waals surface area (Å²) in [5.41, 5.74) is -3.46. The number of nitrogens with one attached hydrogen (secondary N) is 1. The van der Waals surface area contributed by atoms with Crippen LogP contribution in [0.15, 0.2) is 36.7 Å². The summed E-state index contributed by atoms with van der Waals surface area (Å²) in [5.74, 6) is 0.122. The zero-order valence-corrected chi connectivity index (χ0v) is 21.5. The van der Waals surface area contributed by atoms with Gasteiger partial charge in [-0.25, -0.2) is 19.2 Å². The van der Waals surface area contributed by atoms with E-state index in [1.807, 2.05) is 0 Å². The molecular formula is C25H29F4N5O4. The summed E-state index contributed by atoms with van der Waals surface area (Å²) < 4.78 is 67.3. The third-order valence-electron chi connectivity index (χ3n) is 6.15. The highest BCUT2D eigenvalue weighted by atomic mass is 19.4. The minimum atomic E-state index is -4.96. The summed E-state index contributed by atoms with van der Waals surface area (Å²) in [6.45, 7) is 5.75. The van der Waals surface area contributed by atoms with Gasteiger partial charge in [0.25, 0.3) is 0 Å². The van der Waals surface area contributed by atoms with Gasteiger partial charge in [-0.2, -0.15) is 13.2 Å². The highest BCUT2D eigenvalue weighted by Crippen LogP contribution is 2.43. The van der Waals surface area contributed by atoms with Crippen molar-refractivity contribution in [3.05, 3.63) is 42.2 Å². The topological polar surface area (TPSA) is 101 Å². The predicted molar refractivity (Wildman–Crippen MR) is 131 cm³/mol. The van der Waals surface area contributed by atoms with Crippen LogP contribution in [0.25, 0.3) is 17.0 Å². The fourth-order valence-corrected chi connectivity index (χ4v) is 4.11. The summed E-state index contributed by atoms with van der Waals surface area (Å²) in [7, 11) is 1.20. The first-order valence-electron chi connectivity index (χ1n) is 11.8. The van der Waals surface area contributed by atoms with Gasteiger partial charge in [-0.3, -0.25) is 4.40 Å². The van der Waals surface area contributed by atoms with Gasteiger partial charge in [0.1, 0.15) is 29.0 Å². The predicted octanol–water partition coefficient (Wildman–Crippen LogP) is 4.54. The zero-order chi connectivity index (χ0) is 28.0. The van der Waals surface area contributed by atoms with E-state index < -0.39 is 41.2 Å². The molecule has 0 radical (unpaired) electrons. The average molecular weight is 540 g/mol. The van der Waals surface area contributed by atoms with E-state index >= 15 is 0 Å². The molecule has 9 nitrogen and oxygen atoms in total. The van der Waals surface area contributed by atoms with E-state index in [4.69, 9.17) is 9.47 Å². The van der Waals surface area contributed by atoms with E-state index in [9.17, 15) is 27.5 Å². The van der Waals surface area contributed by atoms with Gasteiger partial charge in [-0.05, 0) is 39.8 Å². The van der Waals surface area contributed by atoms with E-state index in [2.05, 4.69) is 15.3 Å². The first-order chi connectivity index (χ1) is 17.6. The minimum absolute atomic E-state index is 0.0628. The quantitative estimate of drug-likeness (QED) is 0.459. The van der Waals surface area contributed by atoms with Gasteiger partial charge in [-0.15, -0.1) is 0 Å². The van der Waals surface area contributed by atoms with Gasteiger partial charge >= 0.3 is 12.3 Å². The Morgan fingerprint density at radius 1 is 1.18 bits per heavy atom. The highest BCUT2D eigenvalue weighted by molar-refractivity contribution is 5.69. The van der Waals surface area contributed by atoms with Crippen LogP contribution in [0.3, 0.4) is 0 Å². The Bertz CT molecular complexity index is 1340. The van der Waals surface area contributed by atoms with Crippen LogP contribution in [-0.4, -0.2) is 74.7 Å². The van der Waals surface area contributed by atoms with E-state index in [0.29, 0.717) is 24.1 Å². The number of likely N-dealkylation sites (tertiary alicyclic amines) is 1. The Kier molecular flexibility index (Phi) is 6.93. The Morgan fingerprint density at radius 2 is 1.89 bits per heavy atom. The number of amides is 1. The van der Waals surface area contributed by atoms with Gasteiger partial charge in [0.15, 0.2) is 5.60 Å². The molecule has 0 aliphatic carbocycles. The van der Waals surface area contributed by atoms with Crippen LogP contribution < -0.4 is 10.1 Å². The molecule has 206 valence electrons. The van der Waals surface area contributed by atoms with Crippen LogP contribution >= 0.6 is 0 Å². The molecule has 0 bridgehead atoms. The molecule has 1 amide bonds. The smallest absolute Gasteiger partial charge is 0.421 e. The number of hydrogen-bond acceptors (Lipinski definition) is 7. The molecule has 2 N–H and O–H groups in total. The fourth-order valence-electron chi connectivity index (χ4n) is 4.11. The van der Waals surface area contributed by atoms with Crippen LogP contribution in [-0.2, 0) is 10.3 Å². The van der Waals surface area contributed by atoms with Crippen molar-refractivity contribution < 1.29 is 36.9 Å². The van der Waals surface area contributed by atoms with Gasteiger partial charge in [-0.1, -0.05) is 6.07 Å². The fraction of sp³-hybridized carbons (Fsp3) is 0.480. The third-order valence-corrected chi connectivity index (χ3v) is 6.15. The van der Waals surface area contributed by atoms with E-state index in [1.165, 1.54) is 28.7 Å². The number of hydrogen-bond donors (Lipinski definition) is 2. The Morgan fingerprint density at radius 3 is 2.53 bits per heavy atom. The van der Waals surface area contributed by atoms with Crippen LogP contribution in [0.4, 0.5) is 28.2 Å². The monoisotopic (exact) mass is 539 g/mol. The molecule has 3 atom stereocenters. The van der Waals surface area contributed by atoms with Crippen molar-refractivity contribution in [3.8, 4) is 17.1 Å². The number of aliphatic hydroxyl groups is 1. The van der Waals surface area contributed by atoms with E-state index in [0.717, 1.165) is 6.20 Å². The van der Waals surface area contributed by atoms with Crippen molar-refractivity contribution in [2.24, 2.45) is 0 Å². The molecule has 0 spiro atoms. The molecular weight excluding hydrogens is 510 g/mol. The number of aromatic nitrogens is 3. The van der Waals surface area contributed by atoms with Crippen LogP contribution in [0.2, 0.25) is 0 Å². The Balaban J connectivity index is 1.62. The normalized spacial score (nSPS) is 19.9. The molecule has 1 fully saturated rings. The number of ether oxygens (including phenoxy) is 2. The standard InChI is InChI=1S/C25H29F4N5O4/c1-23(2,3)38-22(35)33-12-15(26)17(13-33)32-20-8-6-7-16(31-20)18-10-30-21-9-19(37-5)14(11-34(18)21)24(4,36)25(27,28)29/h6-11,15,17,36H,12-13H2,1-5H3,(H,31,32)/t15-,17-,24?/m0/s1. The second-order valence-electron chi connectivity index (χ2n) is 10.3. The lowest BCUT2D eigenvalue weighted by Crippen LogP contribution is -2.39. The summed E-state index contributed by atoms with van der Waals surface area (Å²) in [6, 6.07) is 5.42. The van der Waals surface area contributed by atoms with Crippen molar-refractivity contribution in [3.63, 3.8) is 0 Å². The summed E-state index contributed by atoms with van der Waals surface area (Å²) in [4.78, 5) is 22.3. The zero-order valence-electron chi connectivity index (χ0n) is 21.5. The molecule has 13 heteroatoms. The number of methoxy groups -OCH3 is 1. The van der Waals surface area contributed by atoms with Gasteiger partial charge < -0.3 is 24.8 Å². The second-order valence-corrected chi connectivity index (χ2v) is 10.3. The SMILES string of the molecule is COc1cc2ncc(-c3cccc(N[C@H]4CN(C(=O)OC(C)(C)C)C[C@@H]4F)n3)n2cc1C(C)(O)C(F)(F)F. The number of fused-ring (bicyclic) bond motifs is 1. The van der Waals surface area contributed by atoms with E-state index in [1.54, 1.807) is 39.0 Å². The average Bonchev–Trinajstić information content (AvgIpc) is 3.39. The maximum Gasteiger partial charge on any atom is 0.421 e. The van der Waals surface area contributed by atoms with Crippen molar-refractivity contribution in [2.75, 3.05) is 25.5 Å². The lowest BCUT2D eigenvalue weighted by molar-refractivity contribution is -0.259. The van der Waals surface area contributed by atoms with Gasteiger partial charge in [0.05, 0.1) is 42.8 Å². The molecule has 1 aliphatic rings. The Labute approximate surface area is 216 Å². The maximum atomic E-state index is 14.7. The number of anilines is 1. The first-order valence-corrected chi connectivity index (χ1v) is 11.8. The second kappa shape index (κ2) is 9.61. The van der Waals surface area contributed by atoms with Crippen molar-refractivity contribution in [2.45, 2.75) is 57.3 Å². The number of carbonyl (C=O) groups excluding carboxylic acids is 1. The molecule has 0 saturated carbocycles. The molecule has 0 aromatic carbocycles. The van der Waals surface area contributed by atoms with Gasteiger partial charge in [0.2, 0.25) is 0 Å². The van der Waals surface area contributed by atoms with E-state index in [-0.39, 0.29) is 24.5 Å². The minimum Gasteiger partial charge on any atom is -0.496 e. The number of rotatable bonds is 5. The number of halogens is 4. The molecule has 4 heterocycles. The van der Waals surface area contributed by atoms with Crippen molar-refractivity contribution in [1.29, 1.82) is 0 Å². The molecule has 1 unspecified atom stereocenters. The molecule has 4 rings (SSSR count). The molecule has 3 aromatic heterocycles. The van der Waals surface area contributed by atoms with Gasteiger partial charge in [0, 0.05) is 18.8 Å². The first kappa shape index (κ1) is 27.4. The highest BCUT2D eigenvalue weighted by Gasteiger charge is 2.53. The lowest BCUT2D eigenvalue weighted by Gasteiger charge is -2.28. The summed E-state index contributed by atoms with van der Waals surface area (Å²) in [6.07, 6.45) is -4.42. The number of pyridine rings is 2. The largest absolute Gasteiger partial charge is 0.496 e.